The summed E-state index contributed by atoms with van der Waals surface area (Å²) < 4.78 is 5.80. The number of rotatable bonds is 4. The van der Waals surface area contributed by atoms with Gasteiger partial charge in [-0.15, -0.1) is 0 Å². The molecule has 3 nitrogen and oxygen atoms in total. The van der Waals surface area contributed by atoms with Gasteiger partial charge in [0.2, 0.25) is 0 Å². The molecule has 0 aromatic heterocycles. The van der Waals surface area contributed by atoms with Crippen molar-refractivity contribution >= 4 is 0 Å². The largest absolute Gasteiger partial charge is 0.374 e. The predicted molar refractivity (Wildman–Crippen MR) is 68.8 cm³/mol. The van der Waals surface area contributed by atoms with Crippen LogP contribution in [0.15, 0.2) is 0 Å². The van der Waals surface area contributed by atoms with Gasteiger partial charge in [0, 0.05) is 19.2 Å². The van der Waals surface area contributed by atoms with E-state index < -0.39 is 0 Å². The lowest BCUT2D eigenvalue weighted by Gasteiger charge is -2.30. The summed E-state index contributed by atoms with van der Waals surface area (Å²) in [6.45, 7) is 5.26. The van der Waals surface area contributed by atoms with Gasteiger partial charge in [0.25, 0.3) is 0 Å². The molecule has 1 saturated heterocycles. The van der Waals surface area contributed by atoms with Crippen LogP contribution in [0.2, 0.25) is 0 Å². The Morgan fingerprint density at radius 3 is 2.82 bits per heavy atom. The Morgan fingerprint density at radius 1 is 1.35 bits per heavy atom. The van der Waals surface area contributed by atoms with Gasteiger partial charge < -0.3 is 15.8 Å². The van der Waals surface area contributed by atoms with Crippen molar-refractivity contribution in [1.82, 2.24) is 5.32 Å². The van der Waals surface area contributed by atoms with Gasteiger partial charge in [-0.2, -0.15) is 0 Å². The quantitative estimate of drug-likeness (QED) is 0.780. The van der Waals surface area contributed by atoms with E-state index in [2.05, 4.69) is 12.2 Å². The number of hydrogen-bond donors (Lipinski definition) is 2. The normalized spacial score (nSPS) is 49.1. The fourth-order valence-corrected chi connectivity index (χ4v) is 4.24. The lowest BCUT2D eigenvalue weighted by Crippen LogP contribution is -2.45. The molecule has 5 atom stereocenters. The minimum atomic E-state index is 0.0850. The summed E-state index contributed by atoms with van der Waals surface area (Å²) in [7, 11) is 0. The molecule has 0 aromatic rings. The minimum absolute atomic E-state index is 0.0850. The monoisotopic (exact) mass is 238 g/mol. The number of hydrogen-bond acceptors (Lipinski definition) is 3. The van der Waals surface area contributed by atoms with Gasteiger partial charge in [0.1, 0.15) is 0 Å². The van der Waals surface area contributed by atoms with Crippen LogP contribution in [0.3, 0.4) is 0 Å². The number of nitrogens with one attached hydrogen (secondary N) is 1. The SMILES string of the molecule is CC1(CNCC2C3CCC(C3)C2N)CCCO1. The van der Waals surface area contributed by atoms with Crippen molar-refractivity contribution in [2.75, 3.05) is 19.7 Å². The van der Waals surface area contributed by atoms with Gasteiger partial charge in [0.15, 0.2) is 0 Å². The van der Waals surface area contributed by atoms with Gasteiger partial charge in [-0.05, 0) is 63.3 Å². The van der Waals surface area contributed by atoms with E-state index in [-0.39, 0.29) is 5.60 Å². The second kappa shape index (κ2) is 4.52. The van der Waals surface area contributed by atoms with Gasteiger partial charge in [-0.25, -0.2) is 0 Å². The first-order valence-electron chi connectivity index (χ1n) is 7.28. The molecular formula is C14H26N2O. The van der Waals surface area contributed by atoms with E-state index in [1.165, 1.54) is 32.1 Å². The van der Waals surface area contributed by atoms with Crippen LogP contribution in [0.1, 0.15) is 39.0 Å². The molecule has 3 N–H and O–H groups in total. The third-order valence-electron chi connectivity index (χ3n) is 5.34. The summed E-state index contributed by atoms with van der Waals surface area (Å²) in [5, 5.41) is 3.62. The average Bonchev–Trinajstić information content (AvgIpc) is 2.98. The smallest absolute Gasteiger partial charge is 0.0779 e. The second-order valence-corrected chi connectivity index (χ2v) is 6.61. The van der Waals surface area contributed by atoms with E-state index in [0.29, 0.717) is 6.04 Å². The Bertz CT molecular complexity index is 273. The third-order valence-corrected chi connectivity index (χ3v) is 5.34. The molecule has 3 fully saturated rings. The van der Waals surface area contributed by atoms with Gasteiger partial charge >= 0.3 is 0 Å². The predicted octanol–water partition coefficient (Wildman–Crippen LogP) is 1.52. The summed E-state index contributed by atoms with van der Waals surface area (Å²) in [4.78, 5) is 0. The molecule has 17 heavy (non-hydrogen) atoms. The van der Waals surface area contributed by atoms with Crippen molar-refractivity contribution in [2.45, 2.75) is 50.7 Å². The van der Waals surface area contributed by atoms with Crippen LogP contribution >= 0.6 is 0 Å². The lowest BCUT2D eigenvalue weighted by molar-refractivity contribution is 0.0196. The zero-order valence-electron chi connectivity index (χ0n) is 11.0. The first kappa shape index (κ1) is 11.9. The Hall–Kier alpha value is -0.120. The maximum atomic E-state index is 6.32. The van der Waals surface area contributed by atoms with Crippen molar-refractivity contribution in [3.05, 3.63) is 0 Å². The highest BCUT2D eigenvalue weighted by Crippen LogP contribution is 2.47. The molecule has 1 aliphatic heterocycles. The first-order chi connectivity index (χ1) is 8.18. The molecule has 3 rings (SSSR count). The molecule has 0 amide bonds. The zero-order valence-corrected chi connectivity index (χ0v) is 11.0. The Kier molecular flexibility index (Phi) is 3.18. The Morgan fingerprint density at radius 2 is 2.18 bits per heavy atom. The Balaban J connectivity index is 1.45. The number of nitrogens with two attached hydrogens (primary N) is 1. The molecule has 2 bridgehead atoms. The second-order valence-electron chi connectivity index (χ2n) is 6.61. The molecule has 0 radical (unpaired) electrons. The summed E-state index contributed by atoms with van der Waals surface area (Å²) in [6, 6.07) is 0.457. The maximum Gasteiger partial charge on any atom is 0.0779 e. The van der Waals surface area contributed by atoms with Gasteiger partial charge in [-0.1, -0.05) is 0 Å². The number of ether oxygens (including phenoxy) is 1. The van der Waals surface area contributed by atoms with E-state index in [0.717, 1.165) is 37.5 Å². The average molecular weight is 238 g/mol. The molecule has 3 heteroatoms. The molecular weight excluding hydrogens is 212 g/mol. The van der Waals surface area contributed by atoms with E-state index in [9.17, 15) is 0 Å². The number of fused-ring (bicyclic) bond motifs is 2. The van der Waals surface area contributed by atoms with E-state index in [4.69, 9.17) is 10.5 Å². The fourth-order valence-electron chi connectivity index (χ4n) is 4.24. The molecule has 0 aromatic carbocycles. The molecule has 5 unspecified atom stereocenters. The first-order valence-corrected chi connectivity index (χ1v) is 7.28. The molecule has 2 aliphatic carbocycles. The van der Waals surface area contributed by atoms with Crippen LogP contribution in [0, 0.1) is 17.8 Å². The lowest BCUT2D eigenvalue weighted by atomic mass is 9.85. The van der Waals surface area contributed by atoms with E-state index in [1.54, 1.807) is 0 Å². The van der Waals surface area contributed by atoms with Gasteiger partial charge in [-0.3, -0.25) is 0 Å². The standard InChI is InChI=1S/C14H26N2O/c1-14(5-2-6-17-14)9-16-8-12-10-3-4-11(7-10)13(12)15/h10-13,16H,2-9,15H2,1H3. The molecule has 3 aliphatic rings. The summed E-state index contributed by atoms with van der Waals surface area (Å²) in [5.41, 5.74) is 6.41. The van der Waals surface area contributed by atoms with Crippen LogP contribution in [-0.2, 0) is 4.74 Å². The van der Waals surface area contributed by atoms with E-state index >= 15 is 0 Å². The van der Waals surface area contributed by atoms with Gasteiger partial charge in [0.05, 0.1) is 5.60 Å². The van der Waals surface area contributed by atoms with Crippen molar-refractivity contribution in [3.63, 3.8) is 0 Å². The highest BCUT2D eigenvalue weighted by Gasteiger charge is 2.45. The highest BCUT2D eigenvalue weighted by molar-refractivity contribution is 4.99. The topological polar surface area (TPSA) is 47.3 Å². The third kappa shape index (κ3) is 2.25. The van der Waals surface area contributed by atoms with Crippen molar-refractivity contribution in [3.8, 4) is 0 Å². The van der Waals surface area contributed by atoms with Crippen LogP contribution in [0.4, 0.5) is 0 Å². The minimum Gasteiger partial charge on any atom is -0.374 e. The molecule has 98 valence electrons. The molecule has 0 spiro atoms. The molecule has 1 heterocycles. The summed E-state index contributed by atoms with van der Waals surface area (Å²) >= 11 is 0. The van der Waals surface area contributed by atoms with Crippen LogP contribution in [0.25, 0.3) is 0 Å². The van der Waals surface area contributed by atoms with Crippen molar-refractivity contribution < 1.29 is 4.74 Å². The van der Waals surface area contributed by atoms with Crippen LogP contribution in [-0.4, -0.2) is 31.3 Å². The van der Waals surface area contributed by atoms with E-state index in [1.807, 2.05) is 0 Å². The van der Waals surface area contributed by atoms with Crippen LogP contribution < -0.4 is 11.1 Å². The van der Waals surface area contributed by atoms with Crippen LogP contribution in [0.5, 0.6) is 0 Å². The highest BCUT2D eigenvalue weighted by atomic mass is 16.5. The Labute approximate surface area is 104 Å². The maximum absolute atomic E-state index is 6.32. The molecule has 2 saturated carbocycles. The summed E-state index contributed by atoms with van der Waals surface area (Å²) in [6.07, 6.45) is 6.59. The summed E-state index contributed by atoms with van der Waals surface area (Å²) in [5.74, 6) is 2.45. The fraction of sp³-hybridized carbons (Fsp3) is 1.00. The van der Waals surface area contributed by atoms with Crippen molar-refractivity contribution in [1.29, 1.82) is 0 Å². The van der Waals surface area contributed by atoms with Crippen molar-refractivity contribution in [2.24, 2.45) is 23.5 Å². The zero-order chi connectivity index (χ0) is 11.9.